The van der Waals surface area contributed by atoms with Crippen LogP contribution in [0.5, 0.6) is 0 Å². The van der Waals surface area contributed by atoms with Crippen molar-refractivity contribution in [1.82, 2.24) is 5.32 Å². The van der Waals surface area contributed by atoms with Gasteiger partial charge in [-0.15, -0.1) is 0 Å². The van der Waals surface area contributed by atoms with Gasteiger partial charge in [0.25, 0.3) is 0 Å². The zero-order valence-electron chi connectivity index (χ0n) is 10.1. The third kappa shape index (κ3) is 4.47. The Hall–Kier alpha value is -0.300. The Morgan fingerprint density at radius 3 is 2.15 bits per heavy atom. The summed E-state index contributed by atoms with van der Waals surface area (Å²) in [5, 5.41) is 3.53. The van der Waals surface area contributed by atoms with Gasteiger partial charge in [-0.05, 0) is 32.2 Å². The van der Waals surface area contributed by atoms with Gasteiger partial charge in [-0.1, -0.05) is 39.3 Å². The summed E-state index contributed by atoms with van der Waals surface area (Å²) in [5.74, 6) is 0. The second kappa shape index (κ2) is 5.43. The summed E-state index contributed by atoms with van der Waals surface area (Å²) < 4.78 is 0. The van der Waals surface area contributed by atoms with Crippen molar-refractivity contribution >= 4 is 0 Å². The minimum Gasteiger partial charge on any atom is -0.310 e. The van der Waals surface area contributed by atoms with Gasteiger partial charge in [0.15, 0.2) is 0 Å². The van der Waals surface area contributed by atoms with E-state index in [0.717, 1.165) is 6.54 Å². The van der Waals surface area contributed by atoms with Gasteiger partial charge in [0, 0.05) is 6.04 Å². The van der Waals surface area contributed by atoms with Crippen molar-refractivity contribution in [3.63, 3.8) is 0 Å². The minimum absolute atomic E-state index is 0.354. The molecule has 13 heavy (non-hydrogen) atoms. The summed E-state index contributed by atoms with van der Waals surface area (Å²) in [6, 6.07) is 0.507. The molecule has 0 radical (unpaired) electrons. The van der Waals surface area contributed by atoms with Crippen molar-refractivity contribution in [1.29, 1.82) is 0 Å². The Morgan fingerprint density at radius 1 is 1.31 bits per heavy atom. The van der Waals surface area contributed by atoms with Crippen LogP contribution in [0.15, 0.2) is 11.6 Å². The molecule has 1 N–H and O–H groups in total. The highest BCUT2D eigenvalue weighted by molar-refractivity contribution is 5.05. The quantitative estimate of drug-likeness (QED) is 0.644. The predicted molar refractivity (Wildman–Crippen MR) is 61.0 cm³/mol. The maximum Gasteiger partial charge on any atom is 0.0303 e. The summed E-state index contributed by atoms with van der Waals surface area (Å²) in [4.78, 5) is 0. The molecule has 78 valence electrons. The van der Waals surface area contributed by atoms with E-state index in [-0.39, 0.29) is 0 Å². The Morgan fingerprint density at radius 2 is 1.85 bits per heavy atom. The van der Waals surface area contributed by atoms with E-state index in [9.17, 15) is 0 Å². The molecule has 0 aliphatic carbocycles. The van der Waals surface area contributed by atoms with Crippen LogP contribution in [0, 0.1) is 5.41 Å². The monoisotopic (exact) mass is 183 g/mol. The number of allylic oxidation sites excluding steroid dienone is 1. The average Bonchev–Trinajstić information content (AvgIpc) is 2.03. The van der Waals surface area contributed by atoms with E-state index >= 15 is 0 Å². The van der Waals surface area contributed by atoms with Crippen LogP contribution in [0.2, 0.25) is 0 Å². The van der Waals surface area contributed by atoms with Crippen molar-refractivity contribution in [2.45, 2.75) is 54.0 Å². The summed E-state index contributed by atoms with van der Waals surface area (Å²) in [6.07, 6.45) is 3.54. The fraction of sp³-hybridized carbons (Fsp3) is 0.833. The maximum atomic E-state index is 3.53. The molecule has 1 heteroatoms. The van der Waals surface area contributed by atoms with Crippen molar-refractivity contribution in [2.75, 3.05) is 6.54 Å². The van der Waals surface area contributed by atoms with Crippen LogP contribution in [0.4, 0.5) is 0 Å². The summed E-state index contributed by atoms with van der Waals surface area (Å²) in [7, 11) is 0. The molecule has 0 aliphatic heterocycles. The van der Waals surface area contributed by atoms with Crippen molar-refractivity contribution < 1.29 is 0 Å². The normalized spacial score (nSPS) is 14.0. The van der Waals surface area contributed by atoms with Gasteiger partial charge in [0.05, 0.1) is 0 Å². The lowest BCUT2D eigenvalue weighted by Crippen LogP contribution is -2.40. The number of nitrogens with one attached hydrogen (secondary N) is 1. The maximum absolute atomic E-state index is 3.53. The summed E-state index contributed by atoms with van der Waals surface area (Å²) >= 11 is 0. The Bertz CT molecular complexity index is 164. The molecule has 1 unspecified atom stereocenters. The highest BCUT2D eigenvalue weighted by Gasteiger charge is 2.24. The van der Waals surface area contributed by atoms with Crippen LogP contribution in [-0.2, 0) is 0 Å². The molecular formula is C12H25N. The van der Waals surface area contributed by atoms with Gasteiger partial charge in [-0.25, -0.2) is 0 Å². The summed E-state index contributed by atoms with van der Waals surface area (Å²) in [6.45, 7) is 14.4. The zero-order chi connectivity index (χ0) is 10.5. The Kier molecular flexibility index (Phi) is 5.31. The van der Waals surface area contributed by atoms with Crippen molar-refractivity contribution in [3.8, 4) is 0 Å². The third-order valence-corrected chi connectivity index (χ3v) is 2.68. The average molecular weight is 183 g/mol. The van der Waals surface area contributed by atoms with E-state index in [1.807, 2.05) is 0 Å². The van der Waals surface area contributed by atoms with Gasteiger partial charge >= 0.3 is 0 Å². The molecule has 0 heterocycles. The second-order valence-corrected chi connectivity index (χ2v) is 4.62. The van der Waals surface area contributed by atoms with E-state index in [4.69, 9.17) is 0 Å². The fourth-order valence-corrected chi connectivity index (χ4v) is 1.33. The lowest BCUT2D eigenvalue weighted by Gasteiger charge is -2.32. The first-order valence-electron chi connectivity index (χ1n) is 5.32. The standard InChI is InChI=1S/C12H25N/c1-7-12(5,6)11(13-8-2)9-10(3)4/h9,11,13H,7-8H2,1-6H3. The van der Waals surface area contributed by atoms with Crippen LogP contribution in [0.25, 0.3) is 0 Å². The molecular weight excluding hydrogens is 158 g/mol. The molecule has 1 atom stereocenters. The van der Waals surface area contributed by atoms with Gasteiger partial charge < -0.3 is 5.32 Å². The smallest absolute Gasteiger partial charge is 0.0303 e. The van der Waals surface area contributed by atoms with E-state index in [0.29, 0.717) is 11.5 Å². The number of hydrogen-bond acceptors (Lipinski definition) is 1. The van der Waals surface area contributed by atoms with Crippen molar-refractivity contribution in [3.05, 3.63) is 11.6 Å². The molecule has 0 aromatic rings. The van der Waals surface area contributed by atoms with E-state index in [2.05, 4.69) is 52.9 Å². The van der Waals surface area contributed by atoms with Crippen LogP contribution in [0.3, 0.4) is 0 Å². The van der Waals surface area contributed by atoms with Crippen LogP contribution >= 0.6 is 0 Å². The zero-order valence-corrected chi connectivity index (χ0v) is 10.1. The first-order valence-corrected chi connectivity index (χ1v) is 5.32. The first kappa shape index (κ1) is 12.7. The number of rotatable bonds is 5. The summed E-state index contributed by atoms with van der Waals surface area (Å²) in [5.41, 5.74) is 1.75. The highest BCUT2D eigenvalue weighted by atomic mass is 14.9. The topological polar surface area (TPSA) is 12.0 Å². The SMILES string of the molecule is CCNC(C=C(C)C)C(C)(C)CC. The molecule has 0 aliphatic rings. The van der Waals surface area contributed by atoms with Crippen LogP contribution < -0.4 is 5.32 Å². The molecule has 1 nitrogen and oxygen atoms in total. The lowest BCUT2D eigenvalue weighted by molar-refractivity contribution is 0.273. The molecule has 0 aromatic carbocycles. The lowest BCUT2D eigenvalue weighted by atomic mass is 9.81. The molecule has 0 saturated heterocycles. The highest BCUT2D eigenvalue weighted by Crippen LogP contribution is 2.26. The Labute approximate surface area is 83.6 Å². The van der Waals surface area contributed by atoms with Crippen molar-refractivity contribution in [2.24, 2.45) is 5.41 Å². The largest absolute Gasteiger partial charge is 0.310 e. The first-order chi connectivity index (χ1) is 5.94. The van der Waals surface area contributed by atoms with Gasteiger partial charge in [-0.3, -0.25) is 0 Å². The van der Waals surface area contributed by atoms with Gasteiger partial charge in [0.2, 0.25) is 0 Å². The molecule has 0 fully saturated rings. The molecule has 0 amide bonds. The Balaban J connectivity index is 4.50. The molecule has 0 bridgehead atoms. The van der Waals surface area contributed by atoms with Crippen LogP contribution in [0.1, 0.15) is 48.0 Å². The van der Waals surface area contributed by atoms with E-state index < -0.39 is 0 Å². The van der Waals surface area contributed by atoms with Gasteiger partial charge in [-0.2, -0.15) is 0 Å². The fourth-order valence-electron chi connectivity index (χ4n) is 1.33. The molecule has 0 rings (SSSR count). The molecule has 0 saturated carbocycles. The minimum atomic E-state index is 0.354. The molecule has 0 spiro atoms. The molecule has 0 aromatic heterocycles. The number of likely N-dealkylation sites (N-methyl/N-ethyl adjacent to an activating group) is 1. The number of hydrogen-bond donors (Lipinski definition) is 1. The van der Waals surface area contributed by atoms with E-state index in [1.165, 1.54) is 12.0 Å². The van der Waals surface area contributed by atoms with Crippen LogP contribution in [-0.4, -0.2) is 12.6 Å². The van der Waals surface area contributed by atoms with E-state index in [1.54, 1.807) is 0 Å². The second-order valence-electron chi connectivity index (χ2n) is 4.62. The third-order valence-electron chi connectivity index (χ3n) is 2.68. The predicted octanol–water partition coefficient (Wildman–Crippen LogP) is 3.37. The van der Waals surface area contributed by atoms with Gasteiger partial charge in [0.1, 0.15) is 0 Å².